The van der Waals surface area contributed by atoms with E-state index in [2.05, 4.69) is 22.6 Å². The summed E-state index contributed by atoms with van der Waals surface area (Å²) >= 11 is 2.14. The Hall–Kier alpha value is -3.27. The Labute approximate surface area is 172 Å². The molecule has 28 heavy (non-hydrogen) atoms. The summed E-state index contributed by atoms with van der Waals surface area (Å²) in [6.45, 7) is 0. The number of fused-ring (bicyclic) bond motifs is 1. The van der Waals surface area contributed by atoms with Gasteiger partial charge in [-0.1, -0.05) is 6.07 Å². The number of ether oxygens (including phenoxy) is 1. The van der Waals surface area contributed by atoms with Crippen LogP contribution in [0.2, 0.25) is 0 Å². The van der Waals surface area contributed by atoms with Crippen LogP contribution in [0.25, 0.3) is 0 Å². The minimum absolute atomic E-state index is 0.102. The number of amides is 2. The standard InChI is InChI=1S/C20H11IN2O5/c21-12-4-6-13(7-5-12)22-19(24)17-9-8-16(11-18(17)20(22)25)28-15-3-1-2-14(10-15)23(26)27/h1-11H. The van der Waals surface area contributed by atoms with Crippen molar-refractivity contribution in [3.05, 3.63) is 91.5 Å². The van der Waals surface area contributed by atoms with Gasteiger partial charge in [0.25, 0.3) is 17.5 Å². The van der Waals surface area contributed by atoms with E-state index in [0.29, 0.717) is 11.4 Å². The molecule has 138 valence electrons. The van der Waals surface area contributed by atoms with E-state index >= 15 is 0 Å². The van der Waals surface area contributed by atoms with Gasteiger partial charge in [0.1, 0.15) is 11.5 Å². The quantitative estimate of drug-likeness (QED) is 0.229. The van der Waals surface area contributed by atoms with Crippen LogP contribution in [-0.2, 0) is 0 Å². The Balaban J connectivity index is 1.64. The van der Waals surface area contributed by atoms with Crippen LogP contribution in [0.5, 0.6) is 11.5 Å². The lowest BCUT2D eigenvalue weighted by molar-refractivity contribution is -0.384. The fourth-order valence-electron chi connectivity index (χ4n) is 2.90. The number of halogens is 1. The Morgan fingerprint density at radius 3 is 2.25 bits per heavy atom. The normalized spacial score (nSPS) is 12.8. The second-order valence-electron chi connectivity index (χ2n) is 5.99. The Morgan fingerprint density at radius 2 is 1.54 bits per heavy atom. The Kier molecular flexibility index (Phi) is 4.55. The van der Waals surface area contributed by atoms with Crippen molar-refractivity contribution in [1.29, 1.82) is 0 Å². The molecule has 1 aliphatic heterocycles. The summed E-state index contributed by atoms with van der Waals surface area (Å²) in [4.78, 5) is 37.0. The van der Waals surface area contributed by atoms with E-state index in [9.17, 15) is 19.7 Å². The Morgan fingerprint density at radius 1 is 0.857 bits per heavy atom. The lowest BCUT2D eigenvalue weighted by Gasteiger charge is -2.13. The largest absolute Gasteiger partial charge is 0.457 e. The van der Waals surface area contributed by atoms with E-state index in [4.69, 9.17) is 4.74 Å². The highest BCUT2D eigenvalue weighted by Crippen LogP contribution is 2.33. The predicted molar refractivity (Wildman–Crippen MR) is 110 cm³/mol. The highest BCUT2D eigenvalue weighted by molar-refractivity contribution is 14.1. The molecule has 2 amide bonds. The maximum Gasteiger partial charge on any atom is 0.273 e. The maximum absolute atomic E-state index is 12.8. The molecule has 1 heterocycles. The minimum atomic E-state index is -0.517. The molecule has 0 aromatic heterocycles. The number of imide groups is 1. The van der Waals surface area contributed by atoms with Crippen LogP contribution in [0, 0.1) is 13.7 Å². The van der Waals surface area contributed by atoms with Gasteiger partial charge in [-0.15, -0.1) is 0 Å². The lowest BCUT2D eigenvalue weighted by atomic mass is 10.1. The van der Waals surface area contributed by atoms with Crippen molar-refractivity contribution in [3.63, 3.8) is 0 Å². The van der Waals surface area contributed by atoms with E-state index in [1.54, 1.807) is 24.3 Å². The Bertz CT molecular complexity index is 1130. The number of non-ortho nitro benzene ring substituents is 1. The van der Waals surface area contributed by atoms with Crippen molar-refractivity contribution in [2.45, 2.75) is 0 Å². The second-order valence-corrected chi connectivity index (χ2v) is 7.23. The van der Waals surface area contributed by atoms with Crippen molar-refractivity contribution in [2.75, 3.05) is 4.90 Å². The van der Waals surface area contributed by atoms with Crippen LogP contribution < -0.4 is 9.64 Å². The van der Waals surface area contributed by atoms with Crippen molar-refractivity contribution in [3.8, 4) is 11.5 Å². The van der Waals surface area contributed by atoms with E-state index in [-0.39, 0.29) is 22.6 Å². The molecule has 0 N–H and O–H groups in total. The molecule has 3 aromatic carbocycles. The number of carbonyl (C=O) groups is 2. The molecule has 0 atom stereocenters. The van der Waals surface area contributed by atoms with Crippen molar-refractivity contribution in [2.24, 2.45) is 0 Å². The van der Waals surface area contributed by atoms with Gasteiger partial charge in [0.05, 0.1) is 27.8 Å². The summed E-state index contributed by atoms with van der Waals surface area (Å²) in [5.74, 6) is -0.265. The number of hydrogen-bond donors (Lipinski definition) is 0. The molecule has 0 aliphatic carbocycles. The van der Waals surface area contributed by atoms with Crippen LogP contribution in [0.3, 0.4) is 0 Å². The molecule has 0 saturated carbocycles. The molecule has 0 saturated heterocycles. The summed E-state index contributed by atoms with van der Waals surface area (Å²) in [5, 5.41) is 10.9. The van der Waals surface area contributed by atoms with E-state index in [0.717, 1.165) is 8.47 Å². The van der Waals surface area contributed by atoms with Gasteiger partial charge in [0.2, 0.25) is 0 Å². The number of nitro groups is 1. The van der Waals surface area contributed by atoms with Gasteiger partial charge in [0.15, 0.2) is 0 Å². The van der Waals surface area contributed by atoms with Gasteiger partial charge in [-0.05, 0) is 71.1 Å². The maximum atomic E-state index is 12.8. The SMILES string of the molecule is O=C1c2ccc(Oc3cccc([N+](=O)[O-])c3)cc2C(=O)N1c1ccc(I)cc1. The van der Waals surface area contributed by atoms with Crippen molar-refractivity contribution in [1.82, 2.24) is 0 Å². The molecular weight excluding hydrogens is 475 g/mol. The third kappa shape index (κ3) is 3.22. The van der Waals surface area contributed by atoms with E-state index in [1.807, 2.05) is 12.1 Å². The summed E-state index contributed by atoms with van der Waals surface area (Å²) in [6.07, 6.45) is 0. The first-order valence-electron chi connectivity index (χ1n) is 8.15. The van der Waals surface area contributed by atoms with Crippen LogP contribution in [0.1, 0.15) is 20.7 Å². The van der Waals surface area contributed by atoms with E-state index < -0.39 is 16.7 Å². The molecule has 1 aliphatic rings. The van der Waals surface area contributed by atoms with Gasteiger partial charge in [-0.25, -0.2) is 4.90 Å². The number of hydrogen-bond acceptors (Lipinski definition) is 5. The molecule has 3 aromatic rings. The van der Waals surface area contributed by atoms with Crippen LogP contribution in [0.4, 0.5) is 11.4 Å². The summed E-state index contributed by atoms with van der Waals surface area (Å²) in [5.41, 5.74) is 0.906. The zero-order valence-corrected chi connectivity index (χ0v) is 16.3. The molecule has 0 unspecified atom stereocenters. The minimum Gasteiger partial charge on any atom is -0.457 e. The third-order valence-electron chi connectivity index (χ3n) is 4.21. The highest BCUT2D eigenvalue weighted by atomic mass is 127. The van der Waals surface area contributed by atoms with Gasteiger partial charge < -0.3 is 4.74 Å². The molecule has 8 heteroatoms. The number of rotatable bonds is 4. The van der Waals surface area contributed by atoms with Crippen molar-refractivity contribution < 1.29 is 19.2 Å². The highest BCUT2D eigenvalue weighted by Gasteiger charge is 2.37. The molecule has 7 nitrogen and oxygen atoms in total. The number of nitro benzene ring substituents is 1. The first kappa shape index (κ1) is 18.1. The number of nitrogens with zero attached hydrogens (tertiary/aromatic N) is 2. The molecule has 4 rings (SSSR count). The first-order chi connectivity index (χ1) is 13.4. The van der Waals surface area contributed by atoms with E-state index in [1.165, 1.54) is 30.3 Å². The summed E-state index contributed by atoms with van der Waals surface area (Å²) < 4.78 is 6.64. The van der Waals surface area contributed by atoms with Crippen LogP contribution in [0.15, 0.2) is 66.7 Å². The first-order valence-corrected chi connectivity index (χ1v) is 9.22. The second kappa shape index (κ2) is 7.04. The molecule has 0 bridgehead atoms. The van der Waals surface area contributed by atoms with Crippen LogP contribution in [-0.4, -0.2) is 16.7 Å². The van der Waals surface area contributed by atoms with Crippen molar-refractivity contribution >= 4 is 45.8 Å². The number of anilines is 1. The van der Waals surface area contributed by atoms with Gasteiger partial charge >= 0.3 is 0 Å². The predicted octanol–water partition coefficient (Wildman–Crippen LogP) is 4.79. The number of benzene rings is 3. The smallest absolute Gasteiger partial charge is 0.273 e. The van der Waals surface area contributed by atoms with Gasteiger partial charge in [-0.3, -0.25) is 19.7 Å². The molecule has 0 fully saturated rings. The van der Waals surface area contributed by atoms with Gasteiger partial charge in [0, 0.05) is 9.64 Å². The average molecular weight is 486 g/mol. The summed E-state index contributed by atoms with van der Waals surface area (Å²) in [7, 11) is 0. The fraction of sp³-hybridized carbons (Fsp3) is 0. The molecular formula is C20H11IN2O5. The zero-order chi connectivity index (χ0) is 19.8. The average Bonchev–Trinajstić information content (AvgIpc) is 2.93. The fourth-order valence-corrected chi connectivity index (χ4v) is 3.26. The van der Waals surface area contributed by atoms with Crippen LogP contribution >= 0.6 is 22.6 Å². The zero-order valence-electron chi connectivity index (χ0n) is 14.2. The monoisotopic (exact) mass is 486 g/mol. The lowest BCUT2D eigenvalue weighted by Crippen LogP contribution is -2.29. The number of carbonyl (C=O) groups excluding carboxylic acids is 2. The van der Waals surface area contributed by atoms with Gasteiger partial charge in [-0.2, -0.15) is 0 Å². The molecule has 0 spiro atoms. The topological polar surface area (TPSA) is 89.7 Å². The molecule has 0 radical (unpaired) electrons. The third-order valence-corrected chi connectivity index (χ3v) is 4.93. The summed E-state index contributed by atoms with van der Waals surface area (Å²) in [6, 6.07) is 17.3.